The molecule has 0 saturated carbocycles. The molecule has 0 spiro atoms. The molecule has 2 amide bonds. The summed E-state index contributed by atoms with van der Waals surface area (Å²) in [7, 11) is 1.59. The largest absolute Gasteiger partial charge is 0.497 e. The fourth-order valence-corrected chi connectivity index (χ4v) is 4.32. The van der Waals surface area contributed by atoms with Crippen molar-refractivity contribution in [3.05, 3.63) is 102 Å². The second-order valence-corrected chi connectivity index (χ2v) is 8.76. The molecule has 0 aliphatic heterocycles. The van der Waals surface area contributed by atoms with E-state index in [4.69, 9.17) is 4.74 Å². The molecule has 9 nitrogen and oxygen atoms in total. The van der Waals surface area contributed by atoms with E-state index < -0.39 is 11.8 Å². The molecule has 36 heavy (non-hydrogen) atoms. The van der Waals surface area contributed by atoms with Gasteiger partial charge in [-0.3, -0.25) is 20.4 Å². The number of rotatable bonds is 7. The Balaban J connectivity index is 1.13. The van der Waals surface area contributed by atoms with E-state index >= 15 is 0 Å². The zero-order chi connectivity index (χ0) is 24.9. The second-order valence-electron chi connectivity index (χ2n) is 7.80. The van der Waals surface area contributed by atoms with Crippen LogP contribution in [0.25, 0.3) is 16.7 Å². The van der Waals surface area contributed by atoms with E-state index in [1.807, 2.05) is 48.5 Å². The highest BCUT2D eigenvalue weighted by atomic mass is 32.2. The third-order valence-corrected chi connectivity index (χ3v) is 6.35. The van der Waals surface area contributed by atoms with Crippen molar-refractivity contribution >= 4 is 34.6 Å². The first-order valence-corrected chi connectivity index (χ1v) is 12.0. The molecule has 0 radical (unpaired) electrons. The number of aromatic amines is 1. The molecule has 5 rings (SSSR count). The number of benzene rings is 3. The van der Waals surface area contributed by atoms with Crippen molar-refractivity contribution in [2.24, 2.45) is 0 Å². The van der Waals surface area contributed by atoms with Gasteiger partial charge in [-0.05, 0) is 60.2 Å². The van der Waals surface area contributed by atoms with Crippen LogP contribution in [0.4, 0.5) is 0 Å². The number of fused-ring (bicyclic) bond motifs is 1. The molecule has 0 unspecified atom stereocenters. The lowest BCUT2D eigenvalue weighted by Crippen LogP contribution is -2.41. The Morgan fingerprint density at radius 2 is 1.69 bits per heavy atom. The molecule has 0 bridgehead atoms. The first-order chi connectivity index (χ1) is 17.6. The van der Waals surface area contributed by atoms with Crippen LogP contribution in [0, 0.1) is 0 Å². The number of amides is 2. The van der Waals surface area contributed by atoms with Crippen LogP contribution in [-0.2, 0) is 5.75 Å². The zero-order valence-electron chi connectivity index (χ0n) is 19.3. The number of H-pyrrole nitrogens is 1. The smallest absolute Gasteiger partial charge is 0.290 e. The first kappa shape index (κ1) is 23.2. The molecule has 2 aromatic heterocycles. The maximum Gasteiger partial charge on any atom is 0.290 e. The fraction of sp³-hybridized carbons (Fsp3) is 0.0769. The van der Waals surface area contributed by atoms with Gasteiger partial charge >= 0.3 is 0 Å². The van der Waals surface area contributed by atoms with E-state index in [0.717, 1.165) is 33.2 Å². The summed E-state index contributed by atoms with van der Waals surface area (Å²) in [6.45, 7) is 0. The summed E-state index contributed by atoms with van der Waals surface area (Å²) >= 11 is 1.59. The molecule has 3 aromatic carbocycles. The lowest BCUT2D eigenvalue weighted by molar-refractivity contribution is 0.0843. The Labute approximate surface area is 210 Å². The molecule has 5 aromatic rings. The Morgan fingerprint density at radius 1 is 0.944 bits per heavy atom. The van der Waals surface area contributed by atoms with E-state index in [0.29, 0.717) is 11.3 Å². The van der Waals surface area contributed by atoms with Crippen molar-refractivity contribution in [1.82, 2.24) is 30.6 Å². The van der Waals surface area contributed by atoms with E-state index in [-0.39, 0.29) is 5.69 Å². The minimum Gasteiger partial charge on any atom is -0.497 e. The van der Waals surface area contributed by atoms with Crippen molar-refractivity contribution in [1.29, 1.82) is 0 Å². The van der Waals surface area contributed by atoms with Gasteiger partial charge in [-0.1, -0.05) is 36.0 Å². The maximum absolute atomic E-state index is 12.5. The van der Waals surface area contributed by atoms with Crippen LogP contribution in [0.3, 0.4) is 0 Å². The second kappa shape index (κ2) is 10.4. The number of ether oxygens (including phenoxy) is 1. The van der Waals surface area contributed by atoms with Gasteiger partial charge in [-0.2, -0.15) is 5.10 Å². The summed E-state index contributed by atoms with van der Waals surface area (Å²) < 4.78 is 6.72. The zero-order valence-corrected chi connectivity index (χ0v) is 20.1. The highest BCUT2D eigenvalue weighted by Crippen LogP contribution is 2.23. The van der Waals surface area contributed by atoms with Crippen LogP contribution < -0.4 is 15.6 Å². The van der Waals surface area contributed by atoms with Gasteiger partial charge in [0, 0.05) is 17.5 Å². The standard InChI is InChI=1S/C26H22N6O3S/c1-35-20-12-10-19(11-13-20)32-15-14-23(31-32)25(34)30-29-24(33)18-8-6-17(7-9-18)16-36-26-27-21-4-2-3-5-22(21)28-26/h2-15H,16H2,1H3,(H,27,28)(H,29,33)(H,30,34). The molecule has 2 heterocycles. The Hall–Kier alpha value is -4.57. The Morgan fingerprint density at radius 3 is 2.44 bits per heavy atom. The summed E-state index contributed by atoms with van der Waals surface area (Å²) in [6, 6.07) is 23.9. The molecule has 0 aliphatic carbocycles. The van der Waals surface area contributed by atoms with E-state index in [9.17, 15) is 9.59 Å². The summed E-state index contributed by atoms with van der Waals surface area (Å²) in [5.41, 5.74) is 9.19. The summed E-state index contributed by atoms with van der Waals surface area (Å²) in [5.74, 6) is 0.489. The first-order valence-electron chi connectivity index (χ1n) is 11.1. The van der Waals surface area contributed by atoms with E-state index in [1.165, 1.54) is 0 Å². The number of methoxy groups -OCH3 is 1. The number of nitrogens with one attached hydrogen (secondary N) is 3. The van der Waals surface area contributed by atoms with Crippen LogP contribution in [0.1, 0.15) is 26.4 Å². The monoisotopic (exact) mass is 498 g/mol. The normalized spacial score (nSPS) is 10.8. The predicted molar refractivity (Wildman–Crippen MR) is 137 cm³/mol. The van der Waals surface area contributed by atoms with Crippen LogP contribution in [0.15, 0.2) is 90.2 Å². The number of hydrogen-bond acceptors (Lipinski definition) is 6. The molecule has 0 saturated heterocycles. The molecule has 3 N–H and O–H groups in total. The molecule has 180 valence electrons. The topological polar surface area (TPSA) is 114 Å². The minimum atomic E-state index is -0.519. The Bertz CT molecular complexity index is 1480. The van der Waals surface area contributed by atoms with Crippen molar-refractivity contribution in [2.75, 3.05) is 7.11 Å². The lowest BCUT2D eigenvalue weighted by atomic mass is 10.1. The molecule has 0 aliphatic rings. The van der Waals surface area contributed by atoms with Gasteiger partial charge in [0.2, 0.25) is 0 Å². The SMILES string of the molecule is COc1ccc(-n2ccc(C(=O)NNC(=O)c3ccc(CSc4nc5ccccc5[nH]4)cc3)n2)cc1. The van der Waals surface area contributed by atoms with Gasteiger partial charge < -0.3 is 9.72 Å². The third-order valence-electron chi connectivity index (χ3n) is 5.41. The number of carbonyl (C=O) groups is 2. The quantitative estimate of drug-likeness (QED) is 0.230. The number of aromatic nitrogens is 4. The summed E-state index contributed by atoms with van der Waals surface area (Å²) in [5, 5.41) is 5.10. The number of imidazole rings is 1. The number of thioether (sulfide) groups is 1. The number of carbonyl (C=O) groups excluding carboxylic acids is 2. The van der Waals surface area contributed by atoms with Crippen molar-refractivity contribution in [3.8, 4) is 11.4 Å². The van der Waals surface area contributed by atoms with Crippen LogP contribution >= 0.6 is 11.8 Å². The minimum absolute atomic E-state index is 0.170. The van der Waals surface area contributed by atoms with Gasteiger partial charge in [-0.15, -0.1) is 0 Å². The predicted octanol–water partition coefficient (Wildman–Crippen LogP) is 4.12. The van der Waals surface area contributed by atoms with Gasteiger partial charge in [0.1, 0.15) is 5.75 Å². The van der Waals surface area contributed by atoms with Crippen molar-refractivity contribution in [3.63, 3.8) is 0 Å². The fourth-order valence-electron chi connectivity index (χ4n) is 3.48. The molecule has 0 fully saturated rings. The number of para-hydroxylation sites is 2. The average Bonchev–Trinajstić information content (AvgIpc) is 3.58. The molecule has 10 heteroatoms. The van der Waals surface area contributed by atoms with E-state index in [1.54, 1.807) is 60.1 Å². The number of nitrogens with zero attached hydrogens (tertiary/aromatic N) is 3. The van der Waals surface area contributed by atoms with Gasteiger partial charge in [0.25, 0.3) is 11.8 Å². The average molecular weight is 499 g/mol. The van der Waals surface area contributed by atoms with Crippen LogP contribution in [-0.4, -0.2) is 38.7 Å². The summed E-state index contributed by atoms with van der Waals surface area (Å²) in [6.07, 6.45) is 1.67. The highest BCUT2D eigenvalue weighted by molar-refractivity contribution is 7.98. The van der Waals surface area contributed by atoms with Crippen molar-refractivity contribution < 1.29 is 14.3 Å². The van der Waals surface area contributed by atoms with Crippen LogP contribution in [0.5, 0.6) is 5.75 Å². The van der Waals surface area contributed by atoms with Crippen LogP contribution in [0.2, 0.25) is 0 Å². The maximum atomic E-state index is 12.5. The molecule has 0 atom stereocenters. The van der Waals surface area contributed by atoms with Gasteiger partial charge in [0.05, 0.1) is 23.8 Å². The lowest BCUT2D eigenvalue weighted by Gasteiger charge is -2.07. The highest BCUT2D eigenvalue weighted by Gasteiger charge is 2.13. The molecular weight excluding hydrogens is 476 g/mol. The number of hydrazine groups is 1. The number of hydrogen-bond donors (Lipinski definition) is 3. The molecular formula is C26H22N6O3S. The third kappa shape index (κ3) is 5.23. The summed E-state index contributed by atoms with van der Waals surface area (Å²) in [4.78, 5) is 32.7. The van der Waals surface area contributed by atoms with Gasteiger partial charge in [-0.25, -0.2) is 9.67 Å². The van der Waals surface area contributed by atoms with E-state index in [2.05, 4.69) is 25.9 Å². The van der Waals surface area contributed by atoms with Crippen molar-refractivity contribution in [2.45, 2.75) is 10.9 Å². The Kier molecular flexibility index (Phi) is 6.67. The van der Waals surface area contributed by atoms with Gasteiger partial charge in [0.15, 0.2) is 10.9 Å².